The van der Waals surface area contributed by atoms with Gasteiger partial charge in [0.05, 0.1) is 12.7 Å². The number of fused-ring (bicyclic) bond motifs is 1. The molecule has 2 saturated heterocycles. The molecule has 2 fully saturated rings. The second kappa shape index (κ2) is 7.56. The van der Waals surface area contributed by atoms with Crippen LogP contribution in [0.2, 0.25) is 0 Å². The molecule has 0 spiro atoms. The zero-order chi connectivity index (χ0) is 18.0. The molecular weight excluding hydrogens is 320 g/mol. The number of hydrogen-bond acceptors (Lipinski definition) is 4. The lowest BCUT2D eigenvalue weighted by Gasteiger charge is -2.20. The lowest BCUT2D eigenvalue weighted by atomic mass is 9.93. The van der Waals surface area contributed by atoms with Gasteiger partial charge in [-0.3, -0.25) is 14.3 Å². The summed E-state index contributed by atoms with van der Waals surface area (Å²) in [6.07, 6.45) is 3.26. The van der Waals surface area contributed by atoms with Gasteiger partial charge < -0.3 is 15.0 Å². The Balaban J connectivity index is 1.50. The van der Waals surface area contributed by atoms with Crippen LogP contribution in [0.4, 0.5) is 0 Å². The van der Waals surface area contributed by atoms with Crippen LogP contribution in [-0.4, -0.2) is 58.8 Å². The predicted molar refractivity (Wildman–Crippen MR) is 92.9 cm³/mol. The number of likely N-dealkylation sites (tertiary alicyclic amines) is 1. The highest BCUT2D eigenvalue weighted by atomic mass is 16.5. The smallest absolute Gasteiger partial charge is 0.269 e. The number of hydrogen-bond donors (Lipinski definition) is 1. The van der Waals surface area contributed by atoms with Crippen molar-refractivity contribution in [2.75, 3.05) is 26.2 Å². The van der Waals surface area contributed by atoms with Gasteiger partial charge in [0.1, 0.15) is 5.69 Å². The molecule has 0 unspecified atom stereocenters. The summed E-state index contributed by atoms with van der Waals surface area (Å²) in [7, 11) is 1.75. The zero-order valence-corrected chi connectivity index (χ0v) is 15.3. The number of carbonyl (C=O) groups is 2. The highest BCUT2D eigenvalue weighted by molar-refractivity contribution is 5.92. The molecule has 0 saturated carbocycles. The van der Waals surface area contributed by atoms with Crippen molar-refractivity contribution in [1.82, 2.24) is 20.0 Å². The number of rotatable bonds is 6. The summed E-state index contributed by atoms with van der Waals surface area (Å²) in [6.45, 7) is 6.92. The van der Waals surface area contributed by atoms with E-state index in [0.29, 0.717) is 43.6 Å². The van der Waals surface area contributed by atoms with Crippen LogP contribution in [0.1, 0.15) is 37.2 Å². The lowest BCUT2D eigenvalue weighted by Crippen LogP contribution is -2.36. The minimum absolute atomic E-state index is 0.113. The van der Waals surface area contributed by atoms with Crippen molar-refractivity contribution in [3.63, 3.8) is 0 Å². The first-order valence-corrected chi connectivity index (χ1v) is 9.11. The van der Waals surface area contributed by atoms with Crippen molar-refractivity contribution < 1.29 is 14.3 Å². The second-order valence-corrected chi connectivity index (χ2v) is 7.58. The Hall–Kier alpha value is -1.89. The van der Waals surface area contributed by atoms with Crippen LogP contribution in [0, 0.1) is 17.8 Å². The van der Waals surface area contributed by atoms with Crippen LogP contribution >= 0.6 is 0 Å². The first-order valence-electron chi connectivity index (χ1n) is 9.11. The van der Waals surface area contributed by atoms with Crippen LogP contribution < -0.4 is 5.32 Å². The van der Waals surface area contributed by atoms with Crippen LogP contribution in [0.5, 0.6) is 0 Å². The van der Waals surface area contributed by atoms with E-state index in [4.69, 9.17) is 4.74 Å². The normalized spacial score (nSPS) is 25.4. The third-order valence-corrected chi connectivity index (χ3v) is 5.31. The van der Waals surface area contributed by atoms with E-state index >= 15 is 0 Å². The van der Waals surface area contributed by atoms with Gasteiger partial charge in [-0.05, 0) is 18.4 Å². The molecule has 1 aromatic rings. The molecule has 1 aromatic heterocycles. The second-order valence-electron chi connectivity index (χ2n) is 7.58. The Morgan fingerprint density at radius 2 is 2.20 bits per heavy atom. The van der Waals surface area contributed by atoms with E-state index in [2.05, 4.69) is 24.3 Å². The molecule has 0 bridgehead atoms. The molecule has 0 radical (unpaired) electrons. The highest BCUT2D eigenvalue weighted by Gasteiger charge is 2.44. The molecule has 0 aliphatic carbocycles. The molecule has 7 heteroatoms. The van der Waals surface area contributed by atoms with Gasteiger partial charge in [0, 0.05) is 51.1 Å². The number of nitrogens with zero attached hydrogens (tertiary/aromatic N) is 3. The van der Waals surface area contributed by atoms with Crippen molar-refractivity contribution in [3.8, 4) is 0 Å². The summed E-state index contributed by atoms with van der Waals surface area (Å²) in [5, 5.41) is 7.00. The Morgan fingerprint density at radius 1 is 1.40 bits per heavy atom. The lowest BCUT2D eigenvalue weighted by molar-refractivity contribution is -0.131. The molecule has 138 valence electrons. The van der Waals surface area contributed by atoms with Gasteiger partial charge in [0.2, 0.25) is 5.91 Å². The van der Waals surface area contributed by atoms with E-state index in [1.54, 1.807) is 24.0 Å². The highest BCUT2D eigenvalue weighted by Crippen LogP contribution is 2.33. The van der Waals surface area contributed by atoms with Crippen molar-refractivity contribution in [3.05, 3.63) is 18.0 Å². The zero-order valence-electron chi connectivity index (χ0n) is 15.3. The fraction of sp³-hybridized carbons (Fsp3) is 0.722. The molecule has 3 heterocycles. The fourth-order valence-corrected chi connectivity index (χ4v) is 3.69. The van der Waals surface area contributed by atoms with Crippen LogP contribution in [0.3, 0.4) is 0 Å². The average molecular weight is 348 g/mol. The maximum absolute atomic E-state index is 12.3. The average Bonchev–Trinajstić information content (AvgIpc) is 3.26. The van der Waals surface area contributed by atoms with E-state index in [-0.39, 0.29) is 23.8 Å². The SMILES string of the molecule is CC(C)CCC(=O)N1C[C@@H]2[C@@H](CNC(=O)c3ccnn3C)CO[C@@H]2C1. The third-order valence-electron chi connectivity index (χ3n) is 5.31. The maximum Gasteiger partial charge on any atom is 0.269 e. The van der Waals surface area contributed by atoms with Crippen molar-refractivity contribution in [1.29, 1.82) is 0 Å². The molecule has 2 aliphatic heterocycles. The largest absolute Gasteiger partial charge is 0.376 e. The van der Waals surface area contributed by atoms with Crippen molar-refractivity contribution in [2.45, 2.75) is 32.8 Å². The molecule has 2 amide bonds. The number of aryl methyl sites for hydroxylation is 1. The van der Waals surface area contributed by atoms with Crippen LogP contribution in [0.25, 0.3) is 0 Å². The number of nitrogens with one attached hydrogen (secondary N) is 1. The standard InChI is InChI=1S/C18H28N4O3/c1-12(2)4-5-17(23)22-9-14-13(11-25-16(14)10-22)8-19-18(24)15-6-7-20-21(15)3/h6-7,12-14,16H,4-5,8-11H2,1-3H3,(H,19,24)/t13-,14+,16+/m0/s1. The number of amides is 2. The molecule has 3 atom stereocenters. The molecule has 25 heavy (non-hydrogen) atoms. The summed E-state index contributed by atoms with van der Waals surface area (Å²) in [6, 6.07) is 1.70. The molecule has 3 rings (SSSR count). The summed E-state index contributed by atoms with van der Waals surface area (Å²) >= 11 is 0. The Labute approximate surface area is 148 Å². The fourth-order valence-electron chi connectivity index (χ4n) is 3.69. The van der Waals surface area contributed by atoms with Gasteiger partial charge in [-0.2, -0.15) is 5.10 Å². The summed E-state index contributed by atoms with van der Waals surface area (Å²) in [5.74, 6) is 1.22. The third kappa shape index (κ3) is 4.03. The van der Waals surface area contributed by atoms with E-state index in [1.165, 1.54) is 0 Å². The molecular formula is C18H28N4O3. The first kappa shape index (κ1) is 17.9. The minimum Gasteiger partial charge on any atom is -0.376 e. The molecule has 0 aromatic carbocycles. The molecule has 7 nitrogen and oxygen atoms in total. The van der Waals surface area contributed by atoms with E-state index < -0.39 is 0 Å². The Morgan fingerprint density at radius 3 is 2.88 bits per heavy atom. The number of ether oxygens (including phenoxy) is 1. The number of carbonyl (C=O) groups excluding carboxylic acids is 2. The first-order chi connectivity index (χ1) is 12.0. The minimum atomic E-state index is -0.119. The molecule has 1 N–H and O–H groups in total. The van der Waals surface area contributed by atoms with Crippen molar-refractivity contribution in [2.24, 2.45) is 24.8 Å². The van der Waals surface area contributed by atoms with Crippen molar-refractivity contribution >= 4 is 11.8 Å². The van der Waals surface area contributed by atoms with E-state index in [1.807, 2.05) is 4.90 Å². The summed E-state index contributed by atoms with van der Waals surface area (Å²) in [5.41, 5.74) is 0.548. The van der Waals surface area contributed by atoms with Crippen LogP contribution in [-0.2, 0) is 16.6 Å². The molecule has 2 aliphatic rings. The van der Waals surface area contributed by atoms with E-state index in [0.717, 1.165) is 13.0 Å². The van der Waals surface area contributed by atoms with Gasteiger partial charge >= 0.3 is 0 Å². The van der Waals surface area contributed by atoms with Crippen LogP contribution in [0.15, 0.2) is 12.3 Å². The van der Waals surface area contributed by atoms with E-state index in [9.17, 15) is 9.59 Å². The number of aromatic nitrogens is 2. The van der Waals surface area contributed by atoms with Gasteiger partial charge in [-0.25, -0.2) is 0 Å². The van der Waals surface area contributed by atoms with Gasteiger partial charge in [-0.1, -0.05) is 13.8 Å². The van der Waals surface area contributed by atoms with Gasteiger partial charge in [0.15, 0.2) is 0 Å². The maximum atomic E-state index is 12.3. The van der Waals surface area contributed by atoms with Gasteiger partial charge in [0.25, 0.3) is 5.91 Å². The predicted octanol–water partition coefficient (Wildman–Crippen LogP) is 1.06. The topological polar surface area (TPSA) is 76.5 Å². The quantitative estimate of drug-likeness (QED) is 0.834. The summed E-state index contributed by atoms with van der Waals surface area (Å²) in [4.78, 5) is 26.5. The monoisotopic (exact) mass is 348 g/mol. The summed E-state index contributed by atoms with van der Waals surface area (Å²) < 4.78 is 7.44. The Bertz CT molecular complexity index is 628. The van der Waals surface area contributed by atoms with Gasteiger partial charge in [-0.15, -0.1) is 0 Å². The Kier molecular flexibility index (Phi) is 5.42.